The Bertz CT molecular complexity index is 814. The number of ether oxygens (including phenoxy) is 4. The van der Waals surface area contributed by atoms with E-state index in [2.05, 4.69) is 29.0 Å². The van der Waals surface area contributed by atoms with Crippen LogP contribution < -0.4 is 14.2 Å². The molecule has 1 heterocycles. The highest BCUT2D eigenvalue weighted by molar-refractivity contribution is 5.43. The average Bonchev–Trinajstić information content (AvgIpc) is 3.14. The normalized spacial score (nSPS) is 19.0. The second-order valence-electron chi connectivity index (χ2n) is 7.92. The summed E-state index contributed by atoms with van der Waals surface area (Å²) in [7, 11) is 7.02. The monoisotopic (exact) mass is 430 g/mol. The van der Waals surface area contributed by atoms with Crippen molar-refractivity contribution in [3.63, 3.8) is 0 Å². The Kier molecular flexibility index (Phi) is 8.54. The van der Waals surface area contributed by atoms with Crippen LogP contribution in [0.1, 0.15) is 11.1 Å². The second kappa shape index (κ2) is 11.3. The Morgan fingerprint density at radius 1 is 0.935 bits per heavy atom. The molecule has 7 nitrogen and oxygen atoms in total. The topological polar surface area (TPSA) is 63.6 Å². The van der Waals surface area contributed by atoms with Gasteiger partial charge in [-0.25, -0.2) is 0 Å². The van der Waals surface area contributed by atoms with Crippen LogP contribution in [0.2, 0.25) is 0 Å². The molecule has 0 saturated carbocycles. The van der Waals surface area contributed by atoms with Gasteiger partial charge in [-0.15, -0.1) is 0 Å². The minimum Gasteiger partial charge on any atom is -0.497 e. The standard InChI is InChI=1S/C24H34N2O5/c1-25(14-18-5-8-20(29-3)9-6-18)21-16-26(17-22(21)27)15-19-7-10-23(30-4)24(13-19)31-12-11-28-2/h5-10,13,21-22,27H,11-12,14-17H2,1-4H3/t21-,22-/m1/s1. The zero-order valence-electron chi connectivity index (χ0n) is 18.9. The van der Waals surface area contributed by atoms with Gasteiger partial charge in [0.05, 0.1) is 26.9 Å². The maximum Gasteiger partial charge on any atom is 0.161 e. The highest BCUT2D eigenvalue weighted by Crippen LogP contribution is 2.29. The summed E-state index contributed by atoms with van der Waals surface area (Å²) >= 11 is 0. The largest absolute Gasteiger partial charge is 0.497 e. The molecule has 1 fully saturated rings. The van der Waals surface area contributed by atoms with Crippen molar-refractivity contribution in [2.75, 3.05) is 54.7 Å². The van der Waals surface area contributed by atoms with Gasteiger partial charge in [-0.05, 0) is 42.4 Å². The summed E-state index contributed by atoms with van der Waals surface area (Å²) < 4.78 is 21.5. The number of methoxy groups -OCH3 is 3. The van der Waals surface area contributed by atoms with Gasteiger partial charge < -0.3 is 24.1 Å². The molecular formula is C24H34N2O5. The molecule has 0 amide bonds. The van der Waals surface area contributed by atoms with Gasteiger partial charge in [0, 0.05) is 39.3 Å². The van der Waals surface area contributed by atoms with Crippen LogP contribution in [0.3, 0.4) is 0 Å². The maximum atomic E-state index is 10.7. The molecule has 170 valence electrons. The van der Waals surface area contributed by atoms with Crippen LogP contribution in [0.4, 0.5) is 0 Å². The van der Waals surface area contributed by atoms with E-state index in [-0.39, 0.29) is 12.1 Å². The molecule has 0 aliphatic carbocycles. The number of aliphatic hydroxyl groups is 1. The van der Waals surface area contributed by atoms with Crippen LogP contribution >= 0.6 is 0 Å². The summed E-state index contributed by atoms with van der Waals surface area (Å²) in [5, 5.41) is 10.7. The van der Waals surface area contributed by atoms with Gasteiger partial charge in [-0.2, -0.15) is 0 Å². The van der Waals surface area contributed by atoms with E-state index in [0.29, 0.717) is 31.3 Å². The number of likely N-dealkylation sites (tertiary alicyclic amines) is 1. The van der Waals surface area contributed by atoms with Crippen molar-refractivity contribution in [1.29, 1.82) is 0 Å². The molecule has 1 aliphatic rings. The Hall–Kier alpha value is -2.32. The van der Waals surface area contributed by atoms with Crippen molar-refractivity contribution < 1.29 is 24.1 Å². The average molecular weight is 431 g/mol. The number of benzene rings is 2. The van der Waals surface area contributed by atoms with E-state index in [4.69, 9.17) is 18.9 Å². The smallest absolute Gasteiger partial charge is 0.161 e. The van der Waals surface area contributed by atoms with Crippen molar-refractivity contribution >= 4 is 0 Å². The molecule has 0 radical (unpaired) electrons. The molecule has 2 aromatic rings. The molecular weight excluding hydrogens is 396 g/mol. The number of nitrogens with zero attached hydrogens (tertiary/aromatic N) is 2. The third kappa shape index (κ3) is 6.33. The second-order valence-corrected chi connectivity index (χ2v) is 7.92. The van der Waals surface area contributed by atoms with Crippen LogP contribution in [0.25, 0.3) is 0 Å². The van der Waals surface area contributed by atoms with Gasteiger partial charge >= 0.3 is 0 Å². The number of aliphatic hydroxyl groups excluding tert-OH is 1. The van der Waals surface area contributed by atoms with Crippen LogP contribution in [-0.4, -0.2) is 81.7 Å². The molecule has 2 aromatic carbocycles. The first-order valence-corrected chi connectivity index (χ1v) is 10.6. The zero-order chi connectivity index (χ0) is 22.2. The SMILES string of the molecule is COCCOc1cc(CN2C[C@@H](O)[C@H](N(C)Cc3ccc(OC)cc3)C2)ccc1OC. The van der Waals surface area contributed by atoms with E-state index in [9.17, 15) is 5.11 Å². The summed E-state index contributed by atoms with van der Waals surface area (Å²) in [6.45, 7) is 3.96. The molecule has 0 spiro atoms. The number of hydrogen-bond donors (Lipinski definition) is 1. The summed E-state index contributed by atoms with van der Waals surface area (Å²) in [4.78, 5) is 4.50. The lowest BCUT2D eigenvalue weighted by molar-refractivity contribution is 0.0949. The van der Waals surface area contributed by atoms with Gasteiger partial charge in [0.1, 0.15) is 12.4 Å². The zero-order valence-corrected chi connectivity index (χ0v) is 18.9. The first-order valence-electron chi connectivity index (χ1n) is 10.6. The Labute approximate surface area is 185 Å². The molecule has 1 aliphatic heterocycles. The molecule has 2 atom stereocenters. The fraction of sp³-hybridized carbons (Fsp3) is 0.500. The van der Waals surface area contributed by atoms with Crippen molar-refractivity contribution in [2.45, 2.75) is 25.2 Å². The molecule has 1 N–H and O–H groups in total. The molecule has 1 saturated heterocycles. The fourth-order valence-electron chi connectivity index (χ4n) is 3.97. The Morgan fingerprint density at radius 2 is 1.68 bits per heavy atom. The van der Waals surface area contributed by atoms with E-state index in [1.807, 2.05) is 30.3 Å². The van der Waals surface area contributed by atoms with E-state index in [0.717, 1.165) is 30.9 Å². The first-order chi connectivity index (χ1) is 15.0. The predicted octanol–water partition coefficient (Wildman–Crippen LogP) is 2.41. The molecule has 0 aromatic heterocycles. The third-order valence-corrected chi connectivity index (χ3v) is 5.67. The molecule has 7 heteroatoms. The highest BCUT2D eigenvalue weighted by Gasteiger charge is 2.34. The van der Waals surface area contributed by atoms with Crippen LogP contribution in [0.5, 0.6) is 17.2 Å². The van der Waals surface area contributed by atoms with E-state index < -0.39 is 0 Å². The number of hydrogen-bond acceptors (Lipinski definition) is 7. The number of β-amino-alcohol motifs (C(OH)–C–C–N with tert-alkyl or cyclic N) is 1. The molecule has 31 heavy (non-hydrogen) atoms. The third-order valence-electron chi connectivity index (χ3n) is 5.67. The van der Waals surface area contributed by atoms with Crippen molar-refractivity contribution in [1.82, 2.24) is 9.80 Å². The number of likely N-dealkylation sites (N-methyl/N-ethyl adjacent to an activating group) is 1. The predicted molar refractivity (Wildman–Crippen MR) is 120 cm³/mol. The lowest BCUT2D eigenvalue weighted by atomic mass is 10.1. The lowest BCUT2D eigenvalue weighted by Crippen LogP contribution is -2.40. The minimum atomic E-state index is -0.390. The Balaban J connectivity index is 1.59. The highest BCUT2D eigenvalue weighted by atomic mass is 16.5. The van der Waals surface area contributed by atoms with Crippen molar-refractivity contribution in [3.8, 4) is 17.2 Å². The summed E-state index contributed by atoms with van der Waals surface area (Å²) in [6.07, 6.45) is -0.390. The minimum absolute atomic E-state index is 0.0813. The van der Waals surface area contributed by atoms with Gasteiger partial charge in [0.25, 0.3) is 0 Å². The summed E-state index contributed by atoms with van der Waals surface area (Å²) in [5.74, 6) is 2.27. The van der Waals surface area contributed by atoms with Crippen LogP contribution in [-0.2, 0) is 17.8 Å². The molecule has 3 rings (SSSR count). The first kappa shape index (κ1) is 23.3. The van der Waals surface area contributed by atoms with Crippen LogP contribution in [0.15, 0.2) is 42.5 Å². The maximum absolute atomic E-state index is 10.7. The van der Waals surface area contributed by atoms with Crippen LogP contribution in [0, 0.1) is 0 Å². The quantitative estimate of drug-likeness (QED) is 0.549. The van der Waals surface area contributed by atoms with Gasteiger partial charge in [0.15, 0.2) is 11.5 Å². The van der Waals surface area contributed by atoms with E-state index in [1.54, 1.807) is 21.3 Å². The van der Waals surface area contributed by atoms with E-state index in [1.165, 1.54) is 5.56 Å². The van der Waals surface area contributed by atoms with Gasteiger partial charge in [-0.3, -0.25) is 9.80 Å². The van der Waals surface area contributed by atoms with Crippen molar-refractivity contribution in [3.05, 3.63) is 53.6 Å². The fourth-order valence-corrected chi connectivity index (χ4v) is 3.97. The van der Waals surface area contributed by atoms with Gasteiger partial charge in [0.2, 0.25) is 0 Å². The van der Waals surface area contributed by atoms with Gasteiger partial charge in [-0.1, -0.05) is 18.2 Å². The number of rotatable bonds is 11. The summed E-state index contributed by atoms with van der Waals surface area (Å²) in [6, 6.07) is 14.1. The van der Waals surface area contributed by atoms with E-state index >= 15 is 0 Å². The lowest BCUT2D eigenvalue weighted by Gasteiger charge is -2.26. The van der Waals surface area contributed by atoms with Crippen molar-refractivity contribution in [2.24, 2.45) is 0 Å². The molecule has 0 unspecified atom stereocenters. The Morgan fingerprint density at radius 3 is 2.35 bits per heavy atom. The summed E-state index contributed by atoms with van der Waals surface area (Å²) in [5.41, 5.74) is 2.32. The molecule has 0 bridgehead atoms.